The molecule has 1 unspecified atom stereocenters. The molecule has 0 aromatic heterocycles. The highest BCUT2D eigenvalue weighted by Crippen LogP contribution is 2.17. The number of carboxylic acids is 1. The molecule has 0 heterocycles. The summed E-state index contributed by atoms with van der Waals surface area (Å²) in [4.78, 5) is 24.4. The van der Waals surface area contributed by atoms with Gasteiger partial charge in [0.2, 0.25) is 5.91 Å². The van der Waals surface area contributed by atoms with Gasteiger partial charge in [-0.25, -0.2) is 4.79 Å². The molecule has 0 fully saturated rings. The number of carbonyl (C=O) groups is 2. The molecule has 132 valence electrons. The van der Waals surface area contributed by atoms with E-state index in [1.807, 2.05) is 24.3 Å². The molecule has 2 rings (SSSR count). The van der Waals surface area contributed by atoms with Crippen LogP contribution in [-0.2, 0) is 22.6 Å². The second-order valence-corrected chi connectivity index (χ2v) is 6.19. The predicted octanol–water partition coefficient (Wildman–Crippen LogP) is 3.39. The molecule has 0 aliphatic rings. The SMILES string of the molecule is CC(C(=O)O)N(C)C(=O)Cc1cccc(OCc2ccc(Cl)cc2)c1. The number of amides is 1. The van der Waals surface area contributed by atoms with Crippen LogP contribution in [0.25, 0.3) is 0 Å². The minimum atomic E-state index is -1.03. The Morgan fingerprint density at radius 3 is 2.48 bits per heavy atom. The zero-order valence-electron chi connectivity index (χ0n) is 14.1. The second-order valence-electron chi connectivity index (χ2n) is 5.76. The third-order valence-electron chi connectivity index (χ3n) is 3.90. The van der Waals surface area contributed by atoms with Gasteiger partial charge in [0.05, 0.1) is 6.42 Å². The normalized spacial score (nSPS) is 11.6. The zero-order valence-corrected chi connectivity index (χ0v) is 14.9. The molecule has 2 aromatic carbocycles. The second kappa shape index (κ2) is 8.53. The molecule has 2 aromatic rings. The van der Waals surface area contributed by atoms with Crippen molar-refractivity contribution in [2.75, 3.05) is 7.05 Å². The standard InChI is InChI=1S/C19H20ClNO4/c1-13(19(23)24)21(2)18(22)11-15-4-3-5-17(10-15)25-12-14-6-8-16(20)9-7-14/h3-10,13H,11-12H2,1-2H3,(H,23,24). The van der Waals surface area contributed by atoms with Crippen LogP contribution in [0.15, 0.2) is 48.5 Å². The number of hydrogen-bond acceptors (Lipinski definition) is 3. The van der Waals surface area contributed by atoms with E-state index >= 15 is 0 Å². The Labute approximate surface area is 151 Å². The molecule has 25 heavy (non-hydrogen) atoms. The number of aliphatic carboxylic acids is 1. The van der Waals surface area contributed by atoms with Crippen LogP contribution in [0.4, 0.5) is 0 Å². The van der Waals surface area contributed by atoms with E-state index in [4.69, 9.17) is 21.4 Å². The van der Waals surface area contributed by atoms with E-state index in [1.54, 1.807) is 24.3 Å². The summed E-state index contributed by atoms with van der Waals surface area (Å²) in [5, 5.41) is 9.66. The lowest BCUT2D eigenvalue weighted by molar-refractivity contribution is -0.148. The van der Waals surface area contributed by atoms with Gasteiger partial charge in [-0.1, -0.05) is 35.9 Å². The topological polar surface area (TPSA) is 66.8 Å². The summed E-state index contributed by atoms with van der Waals surface area (Å²) in [6, 6.07) is 13.7. The molecule has 0 aliphatic heterocycles. The number of rotatable bonds is 7. The lowest BCUT2D eigenvalue weighted by Crippen LogP contribution is -2.41. The molecule has 0 saturated heterocycles. The fourth-order valence-corrected chi connectivity index (χ4v) is 2.30. The fraction of sp³-hybridized carbons (Fsp3) is 0.263. The van der Waals surface area contributed by atoms with Crippen molar-refractivity contribution in [2.24, 2.45) is 0 Å². The molecule has 6 heteroatoms. The van der Waals surface area contributed by atoms with Crippen molar-refractivity contribution in [2.45, 2.75) is 26.0 Å². The molecular formula is C19H20ClNO4. The average molecular weight is 362 g/mol. The van der Waals surface area contributed by atoms with Crippen molar-refractivity contribution in [3.05, 3.63) is 64.7 Å². The first kappa shape index (κ1) is 18.8. The van der Waals surface area contributed by atoms with Crippen molar-refractivity contribution >= 4 is 23.5 Å². The first-order valence-electron chi connectivity index (χ1n) is 7.81. The molecule has 1 amide bonds. The van der Waals surface area contributed by atoms with E-state index in [1.165, 1.54) is 18.9 Å². The lowest BCUT2D eigenvalue weighted by Gasteiger charge is -2.21. The van der Waals surface area contributed by atoms with E-state index in [0.717, 1.165) is 11.1 Å². The van der Waals surface area contributed by atoms with E-state index < -0.39 is 12.0 Å². The molecule has 0 bridgehead atoms. The van der Waals surface area contributed by atoms with E-state index in [2.05, 4.69) is 0 Å². The number of likely N-dealkylation sites (N-methyl/N-ethyl adjacent to an activating group) is 1. The Bertz CT molecular complexity index is 745. The quantitative estimate of drug-likeness (QED) is 0.820. The Balaban J connectivity index is 1.97. The Morgan fingerprint density at radius 1 is 1.16 bits per heavy atom. The van der Waals surface area contributed by atoms with Crippen LogP contribution < -0.4 is 4.74 Å². The first-order chi connectivity index (χ1) is 11.9. The van der Waals surface area contributed by atoms with Gasteiger partial charge in [-0.15, -0.1) is 0 Å². The molecule has 1 atom stereocenters. The van der Waals surface area contributed by atoms with Gasteiger partial charge >= 0.3 is 5.97 Å². The Kier molecular flexibility index (Phi) is 6.42. The minimum Gasteiger partial charge on any atom is -0.489 e. The van der Waals surface area contributed by atoms with Crippen molar-refractivity contribution < 1.29 is 19.4 Å². The fourth-order valence-electron chi connectivity index (χ4n) is 2.17. The van der Waals surface area contributed by atoms with Gasteiger partial charge in [0, 0.05) is 12.1 Å². The van der Waals surface area contributed by atoms with E-state index in [-0.39, 0.29) is 12.3 Å². The predicted molar refractivity (Wildman–Crippen MR) is 95.8 cm³/mol. The average Bonchev–Trinajstić information content (AvgIpc) is 2.60. The van der Waals surface area contributed by atoms with Gasteiger partial charge < -0.3 is 14.7 Å². The van der Waals surface area contributed by atoms with Crippen LogP contribution in [0.5, 0.6) is 5.75 Å². The maximum atomic E-state index is 12.2. The number of nitrogens with zero attached hydrogens (tertiary/aromatic N) is 1. The maximum Gasteiger partial charge on any atom is 0.326 e. The molecule has 0 saturated carbocycles. The first-order valence-corrected chi connectivity index (χ1v) is 8.19. The number of ether oxygens (including phenoxy) is 1. The van der Waals surface area contributed by atoms with Crippen molar-refractivity contribution in [3.8, 4) is 5.75 Å². The summed E-state index contributed by atoms with van der Waals surface area (Å²) in [6.07, 6.45) is 0.117. The van der Waals surface area contributed by atoms with Crippen LogP contribution >= 0.6 is 11.6 Å². The minimum absolute atomic E-state index is 0.117. The number of benzene rings is 2. The van der Waals surface area contributed by atoms with Gasteiger partial charge in [0.15, 0.2) is 0 Å². The summed E-state index contributed by atoms with van der Waals surface area (Å²) in [7, 11) is 1.49. The van der Waals surface area contributed by atoms with Crippen LogP contribution in [0.1, 0.15) is 18.1 Å². The largest absolute Gasteiger partial charge is 0.489 e. The third kappa shape index (κ3) is 5.50. The maximum absolute atomic E-state index is 12.2. The van der Waals surface area contributed by atoms with Crippen molar-refractivity contribution in [1.29, 1.82) is 0 Å². The molecule has 0 spiro atoms. The number of carboxylic acid groups (broad SMARTS) is 1. The highest BCUT2D eigenvalue weighted by molar-refractivity contribution is 6.30. The zero-order chi connectivity index (χ0) is 18.4. The van der Waals surface area contributed by atoms with Crippen molar-refractivity contribution in [1.82, 2.24) is 4.90 Å². The summed E-state index contributed by atoms with van der Waals surface area (Å²) in [6.45, 7) is 1.87. The number of carbonyl (C=O) groups excluding carboxylic acids is 1. The van der Waals surface area contributed by atoms with Gasteiger partial charge in [-0.3, -0.25) is 4.79 Å². The molecule has 0 aliphatic carbocycles. The summed E-state index contributed by atoms with van der Waals surface area (Å²) in [5.74, 6) is -0.644. The Hall–Kier alpha value is -2.53. The molecule has 1 N–H and O–H groups in total. The molecule has 5 nitrogen and oxygen atoms in total. The molecule has 0 radical (unpaired) electrons. The number of hydrogen-bond donors (Lipinski definition) is 1. The van der Waals surface area contributed by atoms with Crippen LogP contribution in [0.2, 0.25) is 5.02 Å². The Morgan fingerprint density at radius 2 is 1.84 bits per heavy atom. The number of halogens is 1. The third-order valence-corrected chi connectivity index (χ3v) is 4.16. The van der Waals surface area contributed by atoms with Crippen LogP contribution in [-0.4, -0.2) is 35.0 Å². The van der Waals surface area contributed by atoms with E-state index in [0.29, 0.717) is 17.4 Å². The van der Waals surface area contributed by atoms with Gasteiger partial charge in [-0.05, 0) is 42.3 Å². The van der Waals surface area contributed by atoms with Gasteiger partial charge in [0.1, 0.15) is 18.4 Å². The summed E-state index contributed by atoms with van der Waals surface area (Å²) < 4.78 is 5.74. The molecular weight excluding hydrogens is 342 g/mol. The summed E-state index contributed by atoms with van der Waals surface area (Å²) >= 11 is 5.85. The van der Waals surface area contributed by atoms with Gasteiger partial charge in [0.25, 0.3) is 0 Å². The smallest absolute Gasteiger partial charge is 0.326 e. The van der Waals surface area contributed by atoms with Crippen molar-refractivity contribution in [3.63, 3.8) is 0 Å². The van der Waals surface area contributed by atoms with E-state index in [9.17, 15) is 9.59 Å². The highest BCUT2D eigenvalue weighted by atomic mass is 35.5. The lowest BCUT2D eigenvalue weighted by atomic mass is 10.1. The van der Waals surface area contributed by atoms with Crippen LogP contribution in [0.3, 0.4) is 0 Å². The highest BCUT2D eigenvalue weighted by Gasteiger charge is 2.21. The van der Waals surface area contributed by atoms with Crippen LogP contribution in [0, 0.1) is 0 Å². The van der Waals surface area contributed by atoms with Gasteiger partial charge in [-0.2, -0.15) is 0 Å². The summed E-state index contributed by atoms with van der Waals surface area (Å²) in [5.41, 5.74) is 1.75. The monoisotopic (exact) mass is 361 g/mol.